The number of nitrogens with two attached hydrogens (primary N) is 1. The van der Waals surface area contributed by atoms with Crippen LogP contribution in [0.25, 0.3) is 11.4 Å². The van der Waals surface area contributed by atoms with Crippen LogP contribution >= 0.6 is 11.3 Å². The van der Waals surface area contributed by atoms with E-state index in [-0.39, 0.29) is 0 Å². The molecule has 0 aliphatic carbocycles. The van der Waals surface area contributed by atoms with Crippen molar-refractivity contribution in [3.05, 3.63) is 23.3 Å². The maximum Gasteiger partial charge on any atom is 0.141 e. The molecule has 2 aromatic rings. The molecule has 0 saturated heterocycles. The van der Waals surface area contributed by atoms with Gasteiger partial charge in [-0.1, -0.05) is 0 Å². The Bertz CT molecular complexity index is 353. The summed E-state index contributed by atoms with van der Waals surface area (Å²) in [5, 5.41) is 1.92. The highest BCUT2D eigenvalue weighted by atomic mass is 32.1. The molecule has 0 aromatic carbocycles. The Morgan fingerprint density at radius 1 is 1.08 bits per heavy atom. The molecule has 0 bridgehead atoms. The van der Waals surface area contributed by atoms with Crippen molar-refractivity contribution in [1.82, 2.24) is 15.0 Å². The lowest BCUT2D eigenvalue weighted by molar-refractivity contribution is 1.20. The summed E-state index contributed by atoms with van der Waals surface area (Å²) in [6, 6.07) is 0. The number of hydrogen-bond acceptors (Lipinski definition) is 5. The molecule has 0 aliphatic rings. The third kappa shape index (κ3) is 1.26. The first-order chi connectivity index (χ1) is 5.86. The third-order valence-electron chi connectivity index (χ3n) is 1.37. The SMILES string of the molecule is Nc1cnc(-c2cscn2)cn1. The van der Waals surface area contributed by atoms with E-state index in [1.807, 2.05) is 5.38 Å². The van der Waals surface area contributed by atoms with Crippen LogP contribution in [0.1, 0.15) is 0 Å². The van der Waals surface area contributed by atoms with E-state index in [9.17, 15) is 0 Å². The molecule has 60 valence electrons. The molecule has 0 spiro atoms. The number of nitrogens with zero attached hydrogens (tertiary/aromatic N) is 3. The van der Waals surface area contributed by atoms with Gasteiger partial charge in [-0.3, -0.25) is 0 Å². The second-order valence-electron chi connectivity index (χ2n) is 2.20. The highest BCUT2D eigenvalue weighted by molar-refractivity contribution is 7.07. The fourth-order valence-electron chi connectivity index (χ4n) is 0.809. The summed E-state index contributed by atoms with van der Waals surface area (Å²) in [4.78, 5) is 12.1. The summed E-state index contributed by atoms with van der Waals surface area (Å²) in [5.74, 6) is 0.425. The molecule has 0 aliphatic heterocycles. The second kappa shape index (κ2) is 2.86. The molecular formula is C7H6N4S. The topological polar surface area (TPSA) is 64.7 Å². The second-order valence-corrected chi connectivity index (χ2v) is 2.92. The first-order valence-corrected chi connectivity index (χ1v) is 4.26. The standard InChI is InChI=1S/C7H6N4S/c8-7-2-9-5(1-10-7)6-3-12-4-11-6/h1-4H,(H2,8,10). The Hall–Kier alpha value is -1.49. The summed E-state index contributed by atoms with van der Waals surface area (Å²) in [6.07, 6.45) is 3.14. The van der Waals surface area contributed by atoms with Crippen molar-refractivity contribution in [1.29, 1.82) is 0 Å². The molecule has 4 nitrogen and oxygen atoms in total. The minimum Gasteiger partial charge on any atom is -0.382 e. The highest BCUT2D eigenvalue weighted by Gasteiger charge is 2.00. The highest BCUT2D eigenvalue weighted by Crippen LogP contribution is 2.15. The Kier molecular flexibility index (Phi) is 1.71. The van der Waals surface area contributed by atoms with Gasteiger partial charge in [0.25, 0.3) is 0 Å². The largest absolute Gasteiger partial charge is 0.382 e. The molecule has 2 rings (SSSR count). The van der Waals surface area contributed by atoms with Gasteiger partial charge < -0.3 is 5.73 Å². The molecule has 0 amide bonds. The van der Waals surface area contributed by atoms with Crippen LogP contribution in [-0.2, 0) is 0 Å². The number of thiazole rings is 1. The number of nitrogen functional groups attached to an aromatic ring is 1. The summed E-state index contributed by atoms with van der Waals surface area (Å²) in [6.45, 7) is 0. The van der Waals surface area contributed by atoms with Crippen molar-refractivity contribution in [3.63, 3.8) is 0 Å². The summed E-state index contributed by atoms with van der Waals surface area (Å²) >= 11 is 1.53. The molecule has 0 fully saturated rings. The van der Waals surface area contributed by atoms with Crippen molar-refractivity contribution in [2.75, 3.05) is 5.73 Å². The fraction of sp³-hybridized carbons (Fsp3) is 0. The predicted molar refractivity (Wildman–Crippen MR) is 47.6 cm³/mol. The van der Waals surface area contributed by atoms with Gasteiger partial charge in [0.1, 0.15) is 17.2 Å². The Morgan fingerprint density at radius 2 is 2.00 bits per heavy atom. The van der Waals surface area contributed by atoms with Crippen LogP contribution in [0.2, 0.25) is 0 Å². The molecule has 0 unspecified atom stereocenters. The lowest BCUT2D eigenvalue weighted by Gasteiger charge is -1.94. The van der Waals surface area contributed by atoms with Gasteiger partial charge in [0, 0.05) is 5.38 Å². The minimum atomic E-state index is 0.425. The van der Waals surface area contributed by atoms with Gasteiger partial charge in [0.05, 0.1) is 17.9 Å². The van der Waals surface area contributed by atoms with Gasteiger partial charge in [-0.2, -0.15) is 0 Å². The summed E-state index contributed by atoms with van der Waals surface area (Å²) in [7, 11) is 0. The molecule has 0 radical (unpaired) electrons. The zero-order valence-electron chi connectivity index (χ0n) is 6.14. The van der Waals surface area contributed by atoms with E-state index in [2.05, 4.69) is 15.0 Å². The lowest BCUT2D eigenvalue weighted by atomic mass is 10.4. The van der Waals surface area contributed by atoms with Crippen LogP contribution in [0.5, 0.6) is 0 Å². The number of aromatic nitrogens is 3. The van der Waals surface area contributed by atoms with Gasteiger partial charge in [-0.25, -0.2) is 15.0 Å². The van der Waals surface area contributed by atoms with Crippen LogP contribution in [0.15, 0.2) is 23.3 Å². The third-order valence-corrected chi connectivity index (χ3v) is 1.95. The number of rotatable bonds is 1. The maximum atomic E-state index is 5.39. The quantitative estimate of drug-likeness (QED) is 0.712. The van der Waals surface area contributed by atoms with E-state index in [1.165, 1.54) is 17.5 Å². The summed E-state index contributed by atoms with van der Waals surface area (Å²) < 4.78 is 0. The van der Waals surface area contributed by atoms with Crippen LogP contribution in [0.3, 0.4) is 0 Å². The summed E-state index contributed by atoms with van der Waals surface area (Å²) in [5.41, 5.74) is 8.74. The maximum absolute atomic E-state index is 5.39. The Labute approximate surface area is 73.1 Å². The first-order valence-electron chi connectivity index (χ1n) is 3.32. The molecule has 5 heteroatoms. The molecule has 0 atom stereocenters. The van der Waals surface area contributed by atoms with Crippen LogP contribution in [0, 0.1) is 0 Å². The van der Waals surface area contributed by atoms with E-state index < -0.39 is 0 Å². The van der Waals surface area contributed by atoms with Crippen molar-refractivity contribution in [2.24, 2.45) is 0 Å². The first kappa shape index (κ1) is 7.17. The smallest absolute Gasteiger partial charge is 0.141 e. The predicted octanol–water partition coefficient (Wildman–Crippen LogP) is 1.18. The number of hydrogen-bond donors (Lipinski definition) is 1. The van der Waals surface area contributed by atoms with Gasteiger partial charge in [0.2, 0.25) is 0 Å². The monoisotopic (exact) mass is 178 g/mol. The lowest BCUT2D eigenvalue weighted by Crippen LogP contribution is -1.92. The molecule has 2 N–H and O–H groups in total. The minimum absolute atomic E-state index is 0.425. The van der Waals surface area contributed by atoms with Gasteiger partial charge in [-0.05, 0) is 0 Å². The van der Waals surface area contributed by atoms with Crippen molar-refractivity contribution < 1.29 is 0 Å². The van der Waals surface area contributed by atoms with E-state index in [4.69, 9.17) is 5.73 Å². The van der Waals surface area contributed by atoms with E-state index in [0.29, 0.717) is 5.82 Å². The van der Waals surface area contributed by atoms with Crippen molar-refractivity contribution in [2.45, 2.75) is 0 Å². The van der Waals surface area contributed by atoms with Crippen LogP contribution < -0.4 is 5.73 Å². The zero-order valence-corrected chi connectivity index (χ0v) is 6.95. The van der Waals surface area contributed by atoms with E-state index >= 15 is 0 Å². The Morgan fingerprint density at radius 3 is 2.58 bits per heavy atom. The normalized spacial score (nSPS) is 10.0. The van der Waals surface area contributed by atoms with Gasteiger partial charge in [0.15, 0.2) is 0 Å². The fourth-order valence-corrected chi connectivity index (χ4v) is 1.36. The average Bonchev–Trinajstić information content (AvgIpc) is 2.58. The van der Waals surface area contributed by atoms with Gasteiger partial charge in [-0.15, -0.1) is 11.3 Å². The molecular weight excluding hydrogens is 172 g/mol. The van der Waals surface area contributed by atoms with Gasteiger partial charge >= 0.3 is 0 Å². The van der Waals surface area contributed by atoms with E-state index in [0.717, 1.165) is 11.4 Å². The molecule has 2 aromatic heterocycles. The molecule has 0 saturated carbocycles. The average molecular weight is 178 g/mol. The van der Waals surface area contributed by atoms with Crippen molar-refractivity contribution >= 4 is 17.2 Å². The van der Waals surface area contributed by atoms with Crippen LogP contribution in [-0.4, -0.2) is 15.0 Å². The van der Waals surface area contributed by atoms with E-state index in [1.54, 1.807) is 11.7 Å². The van der Waals surface area contributed by atoms with Crippen molar-refractivity contribution in [3.8, 4) is 11.4 Å². The number of anilines is 1. The zero-order chi connectivity index (χ0) is 8.39. The molecule has 2 heterocycles. The molecule has 12 heavy (non-hydrogen) atoms. The Balaban J connectivity index is 2.43. The van der Waals surface area contributed by atoms with Crippen LogP contribution in [0.4, 0.5) is 5.82 Å².